The van der Waals surface area contributed by atoms with Crippen LogP contribution >= 0.6 is 22.9 Å². The van der Waals surface area contributed by atoms with Gasteiger partial charge in [-0.25, -0.2) is 4.98 Å². The van der Waals surface area contributed by atoms with Crippen LogP contribution in [0.1, 0.15) is 16.7 Å². The average molecular weight is 277 g/mol. The van der Waals surface area contributed by atoms with Gasteiger partial charge in [0.1, 0.15) is 15.4 Å². The molecule has 18 heavy (non-hydrogen) atoms. The molecule has 90 valence electrons. The van der Waals surface area contributed by atoms with Gasteiger partial charge in [0, 0.05) is 17.8 Å². The minimum Gasteiger partial charge on any atom is -0.381 e. The first kappa shape index (κ1) is 11.6. The predicted octanol–water partition coefficient (Wildman–Crippen LogP) is 3.43. The lowest BCUT2D eigenvalue weighted by molar-refractivity contribution is 0.221. The molecule has 3 aromatic rings. The molecule has 3 nitrogen and oxygen atoms in total. The van der Waals surface area contributed by atoms with E-state index in [1.165, 1.54) is 11.3 Å². The zero-order valence-corrected chi connectivity index (χ0v) is 10.8. The van der Waals surface area contributed by atoms with E-state index in [0.29, 0.717) is 9.34 Å². The Bertz CT molecular complexity index is 693. The van der Waals surface area contributed by atoms with Crippen LogP contribution in [0.2, 0.25) is 4.34 Å². The Morgan fingerprint density at radius 1 is 1.22 bits per heavy atom. The topological polar surface area (TPSA) is 46.0 Å². The second-order valence-electron chi connectivity index (χ2n) is 3.85. The van der Waals surface area contributed by atoms with E-state index in [0.717, 1.165) is 16.3 Å². The zero-order chi connectivity index (χ0) is 12.5. The molecule has 0 saturated carbocycles. The summed E-state index contributed by atoms with van der Waals surface area (Å²) >= 11 is 7.13. The number of pyridine rings is 1. The van der Waals surface area contributed by atoms with Crippen molar-refractivity contribution in [2.45, 2.75) is 6.10 Å². The van der Waals surface area contributed by atoms with Crippen LogP contribution in [-0.4, -0.2) is 15.1 Å². The second kappa shape index (κ2) is 4.65. The van der Waals surface area contributed by atoms with Crippen LogP contribution in [0.3, 0.4) is 0 Å². The van der Waals surface area contributed by atoms with Crippen molar-refractivity contribution in [1.29, 1.82) is 0 Å². The Morgan fingerprint density at radius 3 is 2.89 bits per heavy atom. The Morgan fingerprint density at radius 2 is 2.11 bits per heavy atom. The second-order valence-corrected chi connectivity index (χ2v) is 5.54. The van der Waals surface area contributed by atoms with Crippen molar-refractivity contribution in [3.05, 3.63) is 57.8 Å². The molecule has 0 amide bonds. The molecule has 0 aliphatic heterocycles. The molecule has 0 fully saturated rings. The number of benzene rings is 1. The zero-order valence-electron chi connectivity index (χ0n) is 9.25. The molecule has 0 radical (unpaired) electrons. The number of fused-ring (bicyclic) bond motifs is 1. The third-order valence-corrected chi connectivity index (χ3v) is 3.91. The summed E-state index contributed by atoms with van der Waals surface area (Å²) in [5.74, 6) is 0. The van der Waals surface area contributed by atoms with Crippen LogP contribution in [0.4, 0.5) is 0 Å². The van der Waals surface area contributed by atoms with Gasteiger partial charge in [-0.05, 0) is 17.0 Å². The van der Waals surface area contributed by atoms with Gasteiger partial charge >= 0.3 is 0 Å². The number of thiazole rings is 1. The fourth-order valence-corrected chi connectivity index (χ4v) is 2.85. The molecule has 0 bridgehead atoms. The minimum atomic E-state index is -0.756. The van der Waals surface area contributed by atoms with Gasteiger partial charge < -0.3 is 5.11 Å². The molecular formula is C13H9ClN2OS. The highest BCUT2D eigenvalue weighted by molar-refractivity contribution is 7.15. The maximum Gasteiger partial charge on any atom is 0.131 e. The van der Waals surface area contributed by atoms with Crippen molar-refractivity contribution in [3.8, 4) is 0 Å². The summed E-state index contributed by atoms with van der Waals surface area (Å²) in [7, 11) is 0. The number of hydrogen-bond donors (Lipinski definition) is 1. The summed E-state index contributed by atoms with van der Waals surface area (Å²) in [5, 5.41) is 12.9. The van der Waals surface area contributed by atoms with E-state index in [-0.39, 0.29) is 0 Å². The van der Waals surface area contributed by atoms with Crippen LogP contribution in [0.25, 0.3) is 10.8 Å². The smallest absolute Gasteiger partial charge is 0.131 e. The average Bonchev–Trinajstić information content (AvgIpc) is 2.84. The summed E-state index contributed by atoms with van der Waals surface area (Å²) in [6.07, 6.45) is 4.29. The molecule has 3 rings (SSSR count). The first-order chi connectivity index (χ1) is 8.75. The SMILES string of the molecule is OC(c1ncc(Cl)s1)c1cccc2cnccc12. The Hall–Kier alpha value is -1.49. The lowest BCUT2D eigenvalue weighted by Gasteiger charge is -2.10. The molecule has 2 aromatic heterocycles. The van der Waals surface area contributed by atoms with Gasteiger partial charge in [-0.1, -0.05) is 29.8 Å². The van der Waals surface area contributed by atoms with Crippen LogP contribution in [0, 0.1) is 0 Å². The molecule has 1 aromatic carbocycles. The third kappa shape index (κ3) is 1.99. The van der Waals surface area contributed by atoms with Gasteiger partial charge in [0.25, 0.3) is 0 Å². The van der Waals surface area contributed by atoms with Gasteiger partial charge in [0.15, 0.2) is 0 Å². The number of aromatic nitrogens is 2. The first-order valence-corrected chi connectivity index (χ1v) is 6.57. The van der Waals surface area contributed by atoms with Crippen LogP contribution in [0.5, 0.6) is 0 Å². The monoisotopic (exact) mass is 276 g/mol. The number of rotatable bonds is 2. The fraction of sp³-hybridized carbons (Fsp3) is 0.0769. The van der Waals surface area contributed by atoms with E-state index < -0.39 is 6.10 Å². The normalized spacial score (nSPS) is 12.8. The van der Waals surface area contributed by atoms with E-state index in [1.807, 2.05) is 24.3 Å². The van der Waals surface area contributed by atoms with E-state index in [1.54, 1.807) is 18.6 Å². The molecule has 0 aliphatic carbocycles. The number of hydrogen-bond acceptors (Lipinski definition) is 4. The molecule has 1 atom stereocenters. The maximum absolute atomic E-state index is 10.4. The van der Waals surface area contributed by atoms with E-state index in [9.17, 15) is 5.11 Å². The Balaban J connectivity index is 2.14. The van der Waals surface area contributed by atoms with Crippen LogP contribution < -0.4 is 0 Å². The molecule has 5 heteroatoms. The molecule has 0 saturated heterocycles. The van der Waals surface area contributed by atoms with Gasteiger partial charge in [-0.3, -0.25) is 4.98 Å². The fourth-order valence-electron chi connectivity index (χ4n) is 1.91. The number of nitrogens with zero attached hydrogens (tertiary/aromatic N) is 2. The lowest BCUT2D eigenvalue weighted by Crippen LogP contribution is -1.99. The Labute approximate surface area is 113 Å². The van der Waals surface area contributed by atoms with Gasteiger partial charge in [0.05, 0.1) is 6.20 Å². The van der Waals surface area contributed by atoms with Gasteiger partial charge in [0.2, 0.25) is 0 Å². The summed E-state index contributed by atoms with van der Waals surface area (Å²) in [6.45, 7) is 0. The van der Waals surface area contributed by atoms with Crippen molar-refractivity contribution in [2.24, 2.45) is 0 Å². The van der Waals surface area contributed by atoms with Gasteiger partial charge in [-0.15, -0.1) is 11.3 Å². The third-order valence-electron chi connectivity index (χ3n) is 2.74. The van der Waals surface area contributed by atoms with Crippen molar-refractivity contribution < 1.29 is 5.11 Å². The van der Waals surface area contributed by atoms with E-state index in [2.05, 4.69) is 9.97 Å². The standard InChI is InChI=1S/C13H9ClN2OS/c14-11-7-16-13(18-11)12(17)10-3-1-2-8-6-15-5-4-9(8)10/h1-7,12,17H. The van der Waals surface area contributed by atoms with Crippen molar-refractivity contribution >= 4 is 33.7 Å². The summed E-state index contributed by atoms with van der Waals surface area (Å²) < 4.78 is 0.575. The maximum atomic E-state index is 10.4. The quantitative estimate of drug-likeness (QED) is 0.780. The largest absolute Gasteiger partial charge is 0.381 e. The molecule has 2 heterocycles. The molecule has 1 unspecified atom stereocenters. The van der Waals surface area contributed by atoms with Crippen molar-refractivity contribution in [3.63, 3.8) is 0 Å². The van der Waals surface area contributed by atoms with E-state index >= 15 is 0 Å². The highest BCUT2D eigenvalue weighted by Crippen LogP contribution is 2.31. The first-order valence-electron chi connectivity index (χ1n) is 5.37. The van der Waals surface area contributed by atoms with Crippen LogP contribution in [0.15, 0.2) is 42.9 Å². The summed E-state index contributed by atoms with van der Waals surface area (Å²) in [4.78, 5) is 8.19. The molecule has 0 spiro atoms. The van der Waals surface area contributed by atoms with E-state index in [4.69, 9.17) is 11.6 Å². The van der Waals surface area contributed by atoms with Crippen molar-refractivity contribution in [2.75, 3.05) is 0 Å². The van der Waals surface area contributed by atoms with Gasteiger partial charge in [-0.2, -0.15) is 0 Å². The summed E-state index contributed by atoms with van der Waals surface area (Å²) in [5.41, 5.74) is 0.820. The number of aliphatic hydroxyl groups is 1. The van der Waals surface area contributed by atoms with Crippen molar-refractivity contribution in [1.82, 2.24) is 9.97 Å². The molecular weight excluding hydrogens is 268 g/mol. The molecule has 1 N–H and O–H groups in total. The Kier molecular flexibility index (Phi) is 2.99. The predicted molar refractivity (Wildman–Crippen MR) is 72.9 cm³/mol. The highest BCUT2D eigenvalue weighted by atomic mass is 35.5. The number of aliphatic hydroxyl groups excluding tert-OH is 1. The highest BCUT2D eigenvalue weighted by Gasteiger charge is 2.16. The number of halogens is 1. The minimum absolute atomic E-state index is 0.575. The summed E-state index contributed by atoms with van der Waals surface area (Å²) in [6, 6.07) is 7.65. The lowest BCUT2D eigenvalue weighted by atomic mass is 10.0. The van der Waals surface area contributed by atoms with Crippen LogP contribution in [-0.2, 0) is 0 Å². The molecule has 0 aliphatic rings.